The lowest BCUT2D eigenvalue weighted by Gasteiger charge is -2.19. The summed E-state index contributed by atoms with van der Waals surface area (Å²) in [4.78, 5) is 31.4. The number of anilines is 1. The van der Waals surface area contributed by atoms with Gasteiger partial charge in [0.25, 0.3) is 11.8 Å². The van der Waals surface area contributed by atoms with Gasteiger partial charge in [-0.15, -0.1) is 0 Å². The number of hydrogen-bond acceptors (Lipinski definition) is 9. The van der Waals surface area contributed by atoms with Crippen molar-refractivity contribution in [2.45, 2.75) is 25.6 Å². The average molecular weight is 418 g/mol. The third-order valence-corrected chi connectivity index (χ3v) is 5.23. The average Bonchev–Trinajstić information content (AvgIpc) is 3.47. The number of ether oxygens (including phenoxy) is 1. The second-order valence-corrected chi connectivity index (χ2v) is 7.28. The summed E-state index contributed by atoms with van der Waals surface area (Å²) in [7, 11) is 1.55. The second kappa shape index (κ2) is 7.31. The molecule has 0 unspecified atom stereocenters. The van der Waals surface area contributed by atoms with Crippen LogP contribution in [0.3, 0.4) is 0 Å². The van der Waals surface area contributed by atoms with Crippen LogP contribution in [0.1, 0.15) is 11.5 Å². The van der Waals surface area contributed by atoms with Gasteiger partial charge >= 0.3 is 0 Å². The normalized spacial score (nSPS) is 19.9. The van der Waals surface area contributed by atoms with E-state index in [4.69, 9.17) is 9.26 Å². The predicted octanol–water partition coefficient (Wildman–Crippen LogP) is 2.55. The molecule has 1 aromatic heterocycles. The molecule has 0 saturated carbocycles. The number of aryl methyl sites for hydroxylation is 1. The fraction of sp³-hybridized carbons (Fsp3) is 0.238. The van der Waals surface area contributed by atoms with Crippen LogP contribution in [0.2, 0.25) is 0 Å². The molecule has 1 fully saturated rings. The molecule has 0 aliphatic carbocycles. The predicted molar refractivity (Wildman–Crippen MR) is 108 cm³/mol. The number of benzene rings is 2. The van der Waals surface area contributed by atoms with Crippen LogP contribution in [-0.4, -0.2) is 46.2 Å². The van der Waals surface area contributed by atoms with Gasteiger partial charge in [0.15, 0.2) is 12.1 Å². The molecule has 2 aromatic carbocycles. The molecule has 2 aliphatic heterocycles. The van der Waals surface area contributed by atoms with Gasteiger partial charge in [-0.05, 0) is 37.3 Å². The molecule has 10 heteroatoms. The number of hydrogen-bond donors (Lipinski definition) is 0. The standard InChI is InChI=1S/C21H18N6O4/c1-12-4-3-5-13(10-12)19-22-16(31-24-19)11-26-18-17(23-25-26)20(28)27(21(18)29)14-6-8-15(30-2)9-7-14/h3-10,17-18H,11H2,1-2H3/t17-,18-/m0/s1. The van der Waals surface area contributed by atoms with Gasteiger partial charge in [0, 0.05) is 5.56 Å². The number of methoxy groups -OCH3 is 1. The van der Waals surface area contributed by atoms with Crippen LogP contribution >= 0.6 is 0 Å². The number of rotatable bonds is 5. The first-order valence-corrected chi connectivity index (χ1v) is 9.64. The zero-order chi connectivity index (χ0) is 21.5. The van der Waals surface area contributed by atoms with E-state index in [1.807, 2.05) is 31.2 Å². The van der Waals surface area contributed by atoms with Crippen molar-refractivity contribution in [1.29, 1.82) is 0 Å². The SMILES string of the molecule is COc1ccc(N2C(=O)[C@H]3N=NN(Cc4nc(-c5cccc(C)c5)no4)[C@@H]3C2=O)cc1. The highest BCUT2D eigenvalue weighted by Gasteiger charge is 2.55. The zero-order valence-electron chi connectivity index (χ0n) is 16.8. The van der Waals surface area contributed by atoms with E-state index in [1.165, 1.54) is 5.01 Å². The highest BCUT2D eigenvalue weighted by molar-refractivity contribution is 6.25. The number of imide groups is 1. The third kappa shape index (κ3) is 3.21. The zero-order valence-corrected chi connectivity index (χ0v) is 16.8. The number of fused-ring (bicyclic) bond motifs is 1. The second-order valence-electron chi connectivity index (χ2n) is 7.28. The highest BCUT2D eigenvalue weighted by Crippen LogP contribution is 2.33. The van der Waals surface area contributed by atoms with E-state index in [0.29, 0.717) is 17.3 Å². The summed E-state index contributed by atoms with van der Waals surface area (Å²) in [5.41, 5.74) is 2.36. The number of amides is 2. The Bertz CT molecular complexity index is 1190. The van der Waals surface area contributed by atoms with Crippen LogP contribution in [0.25, 0.3) is 11.4 Å². The molecule has 31 heavy (non-hydrogen) atoms. The maximum atomic E-state index is 13.1. The Kier molecular flexibility index (Phi) is 4.46. The van der Waals surface area contributed by atoms with Crippen LogP contribution in [0.5, 0.6) is 5.75 Å². The Hall–Kier alpha value is -4.08. The molecule has 156 valence electrons. The maximum Gasteiger partial charge on any atom is 0.263 e. The summed E-state index contributed by atoms with van der Waals surface area (Å²) >= 11 is 0. The minimum absolute atomic E-state index is 0.0684. The summed E-state index contributed by atoms with van der Waals surface area (Å²) in [6, 6.07) is 12.7. The summed E-state index contributed by atoms with van der Waals surface area (Å²) in [5.74, 6) is 0.533. The molecule has 10 nitrogen and oxygen atoms in total. The molecular weight excluding hydrogens is 400 g/mol. The van der Waals surface area contributed by atoms with Crippen LogP contribution in [-0.2, 0) is 16.1 Å². The molecular formula is C21H18N6O4. The monoisotopic (exact) mass is 418 g/mol. The minimum Gasteiger partial charge on any atom is -0.497 e. The van der Waals surface area contributed by atoms with Gasteiger partial charge in [0.2, 0.25) is 11.7 Å². The van der Waals surface area contributed by atoms with Crippen molar-refractivity contribution in [1.82, 2.24) is 15.1 Å². The van der Waals surface area contributed by atoms with Crippen molar-refractivity contribution in [2.75, 3.05) is 12.0 Å². The Morgan fingerprint density at radius 3 is 2.65 bits per heavy atom. The van der Waals surface area contributed by atoms with Gasteiger partial charge in [-0.2, -0.15) is 10.1 Å². The van der Waals surface area contributed by atoms with Gasteiger partial charge in [0.05, 0.1) is 12.8 Å². The first-order valence-electron chi connectivity index (χ1n) is 9.64. The van der Waals surface area contributed by atoms with Crippen molar-refractivity contribution < 1.29 is 18.8 Å². The minimum atomic E-state index is -0.895. The Balaban J connectivity index is 1.35. The van der Waals surface area contributed by atoms with Crippen LogP contribution in [0, 0.1) is 6.92 Å². The summed E-state index contributed by atoms with van der Waals surface area (Å²) < 4.78 is 10.5. The number of carbonyl (C=O) groups excluding carboxylic acids is 2. The van der Waals surface area contributed by atoms with E-state index in [2.05, 4.69) is 20.5 Å². The van der Waals surface area contributed by atoms with E-state index < -0.39 is 23.9 Å². The van der Waals surface area contributed by atoms with Gasteiger partial charge < -0.3 is 9.26 Å². The third-order valence-electron chi connectivity index (χ3n) is 5.23. The highest BCUT2D eigenvalue weighted by atomic mass is 16.5. The quantitative estimate of drug-likeness (QED) is 0.585. The van der Waals surface area contributed by atoms with E-state index in [-0.39, 0.29) is 12.4 Å². The summed E-state index contributed by atoms with van der Waals surface area (Å²) in [6.45, 7) is 2.05. The fourth-order valence-electron chi connectivity index (χ4n) is 3.70. The number of carbonyl (C=O) groups is 2. The lowest BCUT2D eigenvalue weighted by molar-refractivity contribution is -0.123. The maximum absolute atomic E-state index is 13.1. The molecule has 1 saturated heterocycles. The van der Waals surface area contributed by atoms with E-state index in [0.717, 1.165) is 16.0 Å². The molecule has 3 heterocycles. The van der Waals surface area contributed by atoms with Gasteiger partial charge in [-0.25, -0.2) is 4.90 Å². The van der Waals surface area contributed by atoms with Crippen molar-refractivity contribution in [3.8, 4) is 17.1 Å². The first kappa shape index (κ1) is 18.9. The number of nitrogens with zero attached hydrogens (tertiary/aromatic N) is 6. The molecule has 2 amide bonds. The Morgan fingerprint density at radius 1 is 1.10 bits per heavy atom. The van der Waals surface area contributed by atoms with Gasteiger partial charge in [-0.1, -0.05) is 34.1 Å². The first-order chi connectivity index (χ1) is 15.0. The topological polar surface area (TPSA) is 113 Å². The molecule has 0 spiro atoms. The summed E-state index contributed by atoms with van der Waals surface area (Å²) in [5, 5.41) is 13.5. The smallest absolute Gasteiger partial charge is 0.263 e. The molecule has 0 N–H and O–H groups in total. The molecule has 0 radical (unpaired) electrons. The molecule has 5 rings (SSSR count). The lowest BCUT2D eigenvalue weighted by atomic mass is 10.1. The number of aromatic nitrogens is 2. The molecule has 2 atom stereocenters. The summed E-state index contributed by atoms with van der Waals surface area (Å²) in [6.07, 6.45) is 0. The fourth-order valence-corrected chi connectivity index (χ4v) is 3.70. The van der Waals surface area contributed by atoms with Crippen LogP contribution in [0.15, 0.2) is 63.4 Å². The van der Waals surface area contributed by atoms with Gasteiger partial charge in [-0.3, -0.25) is 14.6 Å². The van der Waals surface area contributed by atoms with Crippen LogP contribution < -0.4 is 9.64 Å². The van der Waals surface area contributed by atoms with Crippen molar-refractivity contribution >= 4 is 17.5 Å². The van der Waals surface area contributed by atoms with Crippen molar-refractivity contribution in [2.24, 2.45) is 10.3 Å². The largest absolute Gasteiger partial charge is 0.497 e. The molecule has 0 bridgehead atoms. The van der Waals surface area contributed by atoms with E-state index >= 15 is 0 Å². The molecule has 3 aromatic rings. The van der Waals surface area contributed by atoms with Crippen LogP contribution in [0.4, 0.5) is 5.69 Å². The van der Waals surface area contributed by atoms with Crippen molar-refractivity contribution in [3.63, 3.8) is 0 Å². The van der Waals surface area contributed by atoms with E-state index in [9.17, 15) is 9.59 Å². The lowest BCUT2D eigenvalue weighted by Crippen LogP contribution is -2.39. The Labute approximate surface area is 177 Å². The van der Waals surface area contributed by atoms with Crippen molar-refractivity contribution in [3.05, 3.63) is 60.0 Å². The molecule has 2 aliphatic rings. The van der Waals surface area contributed by atoms with Gasteiger partial charge in [0.1, 0.15) is 12.3 Å². The van der Waals surface area contributed by atoms with E-state index in [1.54, 1.807) is 31.4 Å². The Morgan fingerprint density at radius 2 is 1.90 bits per heavy atom.